The van der Waals surface area contributed by atoms with Gasteiger partial charge in [-0.2, -0.15) is 0 Å². The Bertz CT molecular complexity index is 551. The van der Waals surface area contributed by atoms with E-state index in [2.05, 4.69) is 35.4 Å². The fraction of sp³-hybridized carbons (Fsp3) is 0.357. The van der Waals surface area contributed by atoms with E-state index in [4.69, 9.17) is 5.73 Å². The predicted molar refractivity (Wildman–Crippen MR) is 80.7 cm³/mol. The molecule has 4 N–H and O–H groups in total. The van der Waals surface area contributed by atoms with Crippen LogP contribution in [0.15, 0.2) is 24.4 Å². The molecule has 0 unspecified atom stereocenters. The first-order chi connectivity index (χ1) is 8.72. The first kappa shape index (κ1) is 15.5. The summed E-state index contributed by atoms with van der Waals surface area (Å²) < 4.78 is 0. The number of benzene rings is 1. The number of halogens is 1. The molecular formula is C14H20ClN3O. The number of carbonyl (C=O) groups excluding carboxylic acids is 1. The molecule has 104 valence electrons. The van der Waals surface area contributed by atoms with Crippen molar-refractivity contribution in [3.8, 4) is 0 Å². The second kappa shape index (κ2) is 7.16. The summed E-state index contributed by atoms with van der Waals surface area (Å²) in [5.41, 5.74) is 8.98. The van der Waals surface area contributed by atoms with E-state index < -0.39 is 0 Å². The largest absolute Gasteiger partial charge is 0.361 e. The maximum Gasteiger partial charge on any atom is 0.221 e. The average Bonchev–Trinajstić information content (AvgIpc) is 2.75. The summed E-state index contributed by atoms with van der Waals surface area (Å²) in [7, 11) is 0. The van der Waals surface area contributed by atoms with Gasteiger partial charge in [-0.05, 0) is 24.5 Å². The lowest BCUT2D eigenvalue weighted by molar-refractivity contribution is -0.120. The van der Waals surface area contributed by atoms with Crippen molar-refractivity contribution >= 4 is 29.2 Å². The third-order valence-corrected chi connectivity index (χ3v) is 3.10. The number of carbonyl (C=O) groups is 1. The van der Waals surface area contributed by atoms with Crippen LogP contribution in [0.3, 0.4) is 0 Å². The quantitative estimate of drug-likeness (QED) is 0.783. The highest BCUT2D eigenvalue weighted by molar-refractivity contribution is 5.86. The highest BCUT2D eigenvalue weighted by Crippen LogP contribution is 2.21. The van der Waals surface area contributed by atoms with E-state index in [9.17, 15) is 4.79 Å². The molecule has 4 nitrogen and oxygen atoms in total. The molecule has 0 bridgehead atoms. The topological polar surface area (TPSA) is 70.9 Å². The van der Waals surface area contributed by atoms with Gasteiger partial charge in [0.15, 0.2) is 0 Å². The van der Waals surface area contributed by atoms with Crippen LogP contribution in [0.25, 0.3) is 10.9 Å². The molecular weight excluding hydrogens is 262 g/mol. The van der Waals surface area contributed by atoms with E-state index in [1.807, 2.05) is 6.20 Å². The van der Waals surface area contributed by atoms with Gasteiger partial charge in [-0.3, -0.25) is 4.79 Å². The SMILES string of the molecule is Cc1cccc2c(CCNC(=O)CCN)c[nH]c12.Cl. The Balaban J connectivity index is 0.00000180. The lowest BCUT2D eigenvalue weighted by atomic mass is 10.1. The highest BCUT2D eigenvalue weighted by atomic mass is 35.5. The van der Waals surface area contributed by atoms with Gasteiger partial charge in [0, 0.05) is 36.6 Å². The number of amides is 1. The van der Waals surface area contributed by atoms with Crippen molar-refractivity contribution in [3.05, 3.63) is 35.5 Å². The predicted octanol–water partition coefficient (Wildman–Crippen LogP) is 1.91. The van der Waals surface area contributed by atoms with Gasteiger partial charge >= 0.3 is 0 Å². The summed E-state index contributed by atoms with van der Waals surface area (Å²) in [6.07, 6.45) is 3.25. The Morgan fingerprint density at radius 3 is 2.95 bits per heavy atom. The van der Waals surface area contributed by atoms with Crippen molar-refractivity contribution in [2.45, 2.75) is 19.8 Å². The van der Waals surface area contributed by atoms with Gasteiger partial charge in [0.2, 0.25) is 5.91 Å². The molecule has 0 atom stereocenters. The zero-order chi connectivity index (χ0) is 13.0. The number of aromatic nitrogens is 1. The van der Waals surface area contributed by atoms with Crippen molar-refractivity contribution in [2.75, 3.05) is 13.1 Å². The summed E-state index contributed by atoms with van der Waals surface area (Å²) in [5.74, 6) is 0.0218. The van der Waals surface area contributed by atoms with Crippen LogP contribution in [0.2, 0.25) is 0 Å². The Labute approximate surface area is 119 Å². The monoisotopic (exact) mass is 281 g/mol. The second-order valence-corrected chi connectivity index (χ2v) is 4.45. The molecule has 2 rings (SSSR count). The van der Waals surface area contributed by atoms with Gasteiger partial charge in [-0.25, -0.2) is 0 Å². The second-order valence-electron chi connectivity index (χ2n) is 4.45. The van der Waals surface area contributed by atoms with Crippen molar-refractivity contribution in [1.82, 2.24) is 10.3 Å². The standard InChI is InChI=1S/C14H19N3O.ClH/c1-10-3-2-4-12-11(9-17-14(10)12)6-8-16-13(18)5-7-15;/h2-4,9,17H,5-8,15H2,1H3,(H,16,18);1H. The molecule has 1 amide bonds. The minimum absolute atomic E-state index is 0. The molecule has 0 spiro atoms. The van der Waals surface area contributed by atoms with Crippen LogP contribution in [0.5, 0.6) is 0 Å². The lowest BCUT2D eigenvalue weighted by Crippen LogP contribution is -2.27. The smallest absolute Gasteiger partial charge is 0.221 e. The molecule has 5 heteroatoms. The third kappa shape index (κ3) is 3.72. The number of H-pyrrole nitrogens is 1. The minimum Gasteiger partial charge on any atom is -0.361 e. The summed E-state index contributed by atoms with van der Waals surface area (Å²) in [4.78, 5) is 14.6. The van der Waals surface area contributed by atoms with Gasteiger partial charge in [0.25, 0.3) is 0 Å². The molecule has 0 fully saturated rings. The molecule has 1 aromatic heterocycles. The average molecular weight is 282 g/mol. The van der Waals surface area contributed by atoms with E-state index in [0.717, 1.165) is 6.42 Å². The molecule has 2 aromatic rings. The maximum absolute atomic E-state index is 11.3. The molecule has 1 aromatic carbocycles. The zero-order valence-corrected chi connectivity index (χ0v) is 11.8. The normalized spacial score (nSPS) is 10.2. The van der Waals surface area contributed by atoms with Crippen LogP contribution in [0.1, 0.15) is 17.5 Å². The van der Waals surface area contributed by atoms with Crippen LogP contribution >= 0.6 is 12.4 Å². The Morgan fingerprint density at radius 2 is 2.21 bits per heavy atom. The van der Waals surface area contributed by atoms with Crippen LogP contribution < -0.4 is 11.1 Å². The number of hydrogen-bond acceptors (Lipinski definition) is 2. The minimum atomic E-state index is 0. The first-order valence-electron chi connectivity index (χ1n) is 6.24. The van der Waals surface area contributed by atoms with E-state index in [1.165, 1.54) is 22.0 Å². The van der Waals surface area contributed by atoms with Crippen molar-refractivity contribution < 1.29 is 4.79 Å². The third-order valence-electron chi connectivity index (χ3n) is 3.10. The van der Waals surface area contributed by atoms with Crippen LogP contribution in [-0.4, -0.2) is 24.0 Å². The molecule has 0 aliphatic heterocycles. The summed E-state index contributed by atoms with van der Waals surface area (Å²) >= 11 is 0. The zero-order valence-electron chi connectivity index (χ0n) is 11.0. The van der Waals surface area contributed by atoms with E-state index in [0.29, 0.717) is 19.5 Å². The lowest BCUT2D eigenvalue weighted by Gasteiger charge is -2.03. The highest BCUT2D eigenvalue weighted by Gasteiger charge is 2.05. The number of rotatable bonds is 5. The molecule has 0 aliphatic rings. The van der Waals surface area contributed by atoms with Gasteiger partial charge < -0.3 is 16.0 Å². The maximum atomic E-state index is 11.3. The van der Waals surface area contributed by atoms with Crippen LogP contribution in [0, 0.1) is 6.92 Å². The van der Waals surface area contributed by atoms with Crippen molar-refractivity contribution in [3.63, 3.8) is 0 Å². The summed E-state index contributed by atoms with van der Waals surface area (Å²) in [6, 6.07) is 6.25. The van der Waals surface area contributed by atoms with E-state index in [1.54, 1.807) is 0 Å². The van der Waals surface area contributed by atoms with Gasteiger partial charge in [0.1, 0.15) is 0 Å². The van der Waals surface area contributed by atoms with Crippen molar-refractivity contribution in [2.24, 2.45) is 5.73 Å². The van der Waals surface area contributed by atoms with Crippen LogP contribution in [0.4, 0.5) is 0 Å². The molecule has 0 saturated carbocycles. The van der Waals surface area contributed by atoms with Gasteiger partial charge in [-0.1, -0.05) is 18.2 Å². The Kier molecular flexibility index (Phi) is 5.86. The number of para-hydroxylation sites is 1. The van der Waals surface area contributed by atoms with Crippen LogP contribution in [-0.2, 0) is 11.2 Å². The van der Waals surface area contributed by atoms with Crippen molar-refractivity contribution in [1.29, 1.82) is 0 Å². The molecule has 1 heterocycles. The fourth-order valence-corrected chi connectivity index (χ4v) is 2.13. The molecule has 0 aliphatic carbocycles. The molecule has 19 heavy (non-hydrogen) atoms. The first-order valence-corrected chi connectivity index (χ1v) is 6.24. The number of nitrogens with two attached hydrogens (primary N) is 1. The van der Waals surface area contributed by atoms with Gasteiger partial charge in [-0.15, -0.1) is 12.4 Å². The molecule has 0 saturated heterocycles. The van der Waals surface area contributed by atoms with Gasteiger partial charge in [0.05, 0.1) is 0 Å². The summed E-state index contributed by atoms with van der Waals surface area (Å²) in [6.45, 7) is 3.14. The Hall–Kier alpha value is -1.52. The van der Waals surface area contributed by atoms with E-state index >= 15 is 0 Å². The summed E-state index contributed by atoms with van der Waals surface area (Å²) in [5, 5.41) is 4.11. The number of hydrogen-bond donors (Lipinski definition) is 3. The number of aryl methyl sites for hydroxylation is 1. The van der Waals surface area contributed by atoms with E-state index in [-0.39, 0.29) is 18.3 Å². The number of fused-ring (bicyclic) bond motifs is 1. The fourth-order valence-electron chi connectivity index (χ4n) is 2.13. The Morgan fingerprint density at radius 1 is 1.42 bits per heavy atom. The molecule has 0 radical (unpaired) electrons. The number of aromatic amines is 1. The number of nitrogens with one attached hydrogen (secondary N) is 2.